The lowest BCUT2D eigenvalue weighted by Gasteiger charge is -2.12. The van der Waals surface area contributed by atoms with Crippen LogP contribution in [0.3, 0.4) is 0 Å². The van der Waals surface area contributed by atoms with Gasteiger partial charge in [-0.15, -0.1) is 0 Å². The van der Waals surface area contributed by atoms with E-state index in [9.17, 15) is 4.79 Å². The van der Waals surface area contributed by atoms with Crippen LogP contribution in [-0.2, 0) is 4.79 Å². The van der Waals surface area contributed by atoms with Crippen LogP contribution in [0.4, 0.5) is 0 Å². The van der Waals surface area contributed by atoms with Gasteiger partial charge in [-0.2, -0.15) is 0 Å². The Morgan fingerprint density at radius 2 is 2.17 bits per heavy atom. The zero-order valence-corrected chi connectivity index (χ0v) is 7.16. The van der Waals surface area contributed by atoms with E-state index in [1.54, 1.807) is 0 Å². The summed E-state index contributed by atoms with van der Waals surface area (Å²) in [6.45, 7) is 2.52. The molecular formula is C7H16N2O3. The molecule has 0 aromatic carbocycles. The average Bonchev–Trinajstić information content (AvgIpc) is 2.00. The Balaban J connectivity index is 3.46. The highest BCUT2D eigenvalue weighted by Crippen LogP contribution is 1.97. The van der Waals surface area contributed by atoms with Gasteiger partial charge in [0.2, 0.25) is 0 Å². The van der Waals surface area contributed by atoms with Crippen LogP contribution in [0.15, 0.2) is 0 Å². The monoisotopic (exact) mass is 176 g/mol. The number of rotatable bonds is 6. The Morgan fingerprint density at radius 1 is 1.58 bits per heavy atom. The number of hydrogen-bond acceptors (Lipinski definition) is 4. The van der Waals surface area contributed by atoms with Crippen molar-refractivity contribution < 1.29 is 15.0 Å². The Labute approximate surface area is 71.6 Å². The number of aliphatic carboxylic acids is 1. The normalized spacial score (nSPS) is 15.6. The number of nitrogens with two attached hydrogens (primary N) is 1. The molecule has 0 rings (SSSR count). The van der Waals surface area contributed by atoms with Crippen LogP contribution in [-0.4, -0.2) is 35.0 Å². The molecule has 0 saturated heterocycles. The van der Waals surface area contributed by atoms with Crippen LogP contribution in [0.5, 0.6) is 0 Å². The van der Waals surface area contributed by atoms with E-state index in [1.165, 1.54) is 0 Å². The number of aliphatic hydroxyl groups is 1. The van der Waals surface area contributed by atoms with Crippen molar-refractivity contribution in [2.24, 2.45) is 5.73 Å². The second-order valence-electron chi connectivity index (χ2n) is 2.60. The highest BCUT2D eigenvalue weighted by Gasteiger charge is 2.12. The lowest BCUT2D eigenvalue weighted by Crippen LogP contribution is -2.34. The summed E-state index contributed by atoms with van der Waals surface area (Å²) in [4.78, 5) is 10.2. The van der Waals surface area contributed by atoms with Gasteiger partial charge in [0.1, 0.15) is 12.3 Å². The molecule has 5 nitrogen and oxygen atoms in total. The second-order valence-corrected chi connectivity index (χ2v) is 2.60. The molecule has 0 fully saturated rings. The molecule has 0 saturated carbocycles. The summed E-state index contributed by atoms with van der Waals surface area (Å²) in [5.74, 6) is -1.03. The highest BCUT2D eigenvalue weighted by atomic mass is 16.4. The van der Waals surface area contributed by atoms with Crippen LogP contribution in [0.2, 0.25) is 0 Å². The Kier molecular flexibility index (Phi) is 5.61. The van der Waals surface area contributed by atoms with Crippen LogP contribution in [0.25, 0.3) is 0 Å². The summed E-state index contributed by atoms with van der Waals surface area (Å²) >= 11 is 0. The Morgan fingerprint density at radius 3 is 2.58 bits per heavy atom. The SMILES string of the molecule is CCNC(O)CCC(N)C(=O)O. The third-order valence-electron chi connectivity index (χ3n) is 1.51. The largest absolute Gasteiger partial charge is 0.480 e. The number of nitrogens with one attached hydrogen (secondary N) is 1. The maximum Gasteiger partial charge on any atom is 0.320 e. The molecule has 2 unspecified atom stereocenters. The number of carbonyl (C=O) groups is 1. The smallest absolute Gasteiger partial charge is 0.320 e. The van der Waals surface area contributed by atoms with Gasteiger partial charge >= 0.3 is 5.97 Å². The first-order valence-electron chi connectivity index (χ1n) is 3.97. The van der Waals surface area contributed by atoms with Crippen LogP contribution >= 0.6 is 0 Å². The third kappa shape index (κ3) is 5.06. The van der Waals surface area contributed by atoms with Gasteiger partial charge in [-0.25, -0.2) is 0 Å². The fraction of sp³-hybridized carbons (Fsp3) is 0.857. The van der Waals surface area contributed by atoms with Gasteiger partial charge in [0.05, 0.1) is 0 Å². The Hall–Kier alpha value is -0.650. The van der Waals surface area contributed by atoms with Gasteiger partial charge in [-0.1, -0.05) is 6.92 Å². The molecule has 0 aliphatic heterocycles. The molecule has 0 aliphatic rings. The zero-order chi connectivity index (χ0) is 9.56. The minimum absolute atomic E-state index is 0.281. The summed E-state index contributed by atoms with van der Waals surface area (Å²) < 4.78 is 0. The predicted octanol–water partition coefficient (Wildman–Crippen LogP) is -0.894. The van der Waals surface area contributed by atoms with Crippen molar-refractivity contribution in [2.75, 3.05) is 6.54 Å². The molecule has 0 spiro atoms. The lowest BCUT2D eigenvalue weighted by atomic mass is 10.1. The molecule has 0 heterocycles. The van der Waals surface area contributed by atoms with Crippen LogP contribution in [0.1, 0.15) is 19.8 Å². The first-order valence-corrected chi connectivity index (χ1v) is 3.97. The van der Waals surface area contributed by atoms with E-state index in [0.29, 0.717) is 13.0 Å². The minimum atomic E-state index is -1.03. The van der Waals surface area contributed by atoms with Crippen molar-refractivity contribution in [3.8, 4) is 0 Å². The molecule has 0 aromatic rings. The van der Waals surface area contributed by atoms with Gasteiger partial charge in [-0.3, -0.25) is 10.1 Å². The van der Waals surface area contributed by atoms with E-state index >= 15 is 0 Å². The molecule has 0 amide bonds. The van der Waals surface area contributed by atoms with Crippen LogP contribution < -0.4 is 11.1 Å². The van der Waals surface area contributed by atoms with Crippen LogP contribution in [0, 0.1) is 0 Å². The van der Waals surface area contributed by atoms with Gasteiger partial charge in [0.25, 0.3) is 0 Å². The zero-order valence-electron chi connectivity index (χ0n) is 7.16. The number of carboxylic acids is 1. The van der Waals surface area contributed by atoms with E-state index in [-0.39, 0.29) is 6.42 Å². The van der Waals surface area contributed by atoms with E-state index < -0.39 is 18.2 Å². The summed E-state index contributed by atoms with van der Waals surface area (Å²) in [6.07, 6.45) is -0.00875. The van der Waals surface area contributed by atoms with Crippen molar-refractivity contribution in [1.82, 2.24) is 5.32 Å². The van der Waals surface area contributed by atoms with Crippen molar-refractivity contribution in [3.05, 3.63) is 0 Å². The van der Waals surface area contributed by atoms with E-state index in [1.807, 2.05) is 6.92 Å². The molecule has 0 aromatic heterocycles. The highest BCUT2D eigenvalue weighted by molar-refractivity contribution is 5.72. The maximum absolute atomic E-state index is 10.2. The molecule has 5 N–H and O–H groups in total. The second kappa shape index (κ2) is 5.93. The van der Waals surface area contributed by atoms with Crippen molar-refractivity contribution in [3.63, 3.8) is 0 Å². The van der Waals surface area contributed by atoms with E-state index in [2.05, 4.69) is 5.32 Å². The van der Waals surface area contributed by atoms with Crippen molar-refractivity contribution in [1.29, 1.82) is 0 Å². The fourth-order valence-electron chi connectivity index (χ4n) is 0.799. The average molecular weight is 176 g/mol. The fourth-order valence-corrected chi connectivity index (χ4v) is 0.799. The molecule has 0 radical (unpaired) electrons. The lowest BCUT2D eigenvalue weighted by molar-refractivity contribution is -0.138. The maximum atomic E-state index is 10.2. The summed E-state index contributed by atoms with van der Waals surface area (Å²) in [7, 11) is 0. The predicted molar refractivity (Wildman–Crippen MR) is 44.5 cm³/mol. The molecule has 0 aliphatic carbocycles. The molecule has 12 heavy (non-hydrogen) atoms. The summed E-state index contributed by atoms with van der Waals surface area (Å²) in [6, 6.07) is -0.877. The topological polar surface area (TPSA) is 95.6 Å². The molecular weight excluding hydrogens is 160 g/mol. The molecule has 0 bridgehead atoms. The Bertz CT molecular complexity index is 141. The summed E-state index contributed by atoms with van der Waals surface area (Å²) in [5, 5.41) is 20.3. The van der Waals surface area contributed by atoms with Crippen molar-refractivity contribution in [2.45, 2.75) is 32.0 Å². The van der Waals surface area contributed by atoms with E-state index in [0.717, 1.165) is 0 Å². The standard InChI is InChI=1S/C7H16N2O3/c1-2-9-6(10)4-3-5(8)7(11)12/h5-6,9-10H,2-4,8H2,1H3,(H,11,12). The minimum Gasteiger partial charge on any atom is -0.480 e. The van der Waals surface area contributed by atoms with Gasteiger partial charge in [0.15, 0.2) is 0 Å². The quantitative estimate of drug-likeness (QED) is 0.394. The first-order chi connectivity index (χ1) is 5.57. The van der Waals surface area contributed by atoms with Crippen molar-refractivity contribution >= 4 is 5.97 Å². The number of carboxylic acid groups (broad SMARTS) is 1. The molecule has 72 valence electrons. The first kappa shape index (κ1) is 11.4. The number of aliphatic hydroxyl groups excluding tert-OH is 1. The van der Waals surface area contributed by atoms with E-state index in [4.69, 9.17) is 15.9 Å². The van der Waals surface area contributed by atoms with Gasteiger partial charge in [-0.05, 0) is 19.4 Å². The van der Waals surface area contributed by atoms with Gasteiger partial charge < -0.3 is 15.9 Å². The van der Waals surface area contributed by atoms with Gasteiger partial charge in [0, 0.05) is 0 Å². The molecule has 5 heteroatoms. The number of hydrogen-bond donors (Lipinski definition) is 4. The summed E-state index contributed by atoms with van der Waals surface area (Å²) in [5.41, 5.74) is 5.22. The third-order valence-corrected chi connectivity index (χ3v) is 1.51. The molecule has 2 atom stereocenters.